The van der Waals surface area contributed by atoms with Gasteiger partial charge in [-0.05, 0) is 32.0 Å². The highest BCUT2D eigenvalue weighted by molar-refractivity contribution is 5.92. The summed E-state index contributed by atoms with van der Waals surface area (Å²) in [6.45, 7) is 5.53. The Balaban J connectivity index is 2.81. The number of Topliss-reactive ketones (excluding diaryl/α,β-unsaturated/α-hetero) is 2. The molecule has 0 aliphatic carbocycles. The first-order valence-corrected chi connectivity index (χ1v) is 10.2. The summed E-state index contributed by atoms with van der Waals surface area (Å²) in [5.74, 6) is -2.12. The third kappa shape index (κ3) is 8.04. The van der Waals surface area contributed by atoms with E-state index in [2.05, 4.69) is 5.32 Å². The van der Waals surface area contributed by atoms with Gasteiger partial charge in [0, 0.05) is 24.7 Å². The largest absolute Gasteiger partial charge is 0.393 e. The monoisotopic (exact) mass is 405 g/mol. The highest BCUT2D eigenvalue weighted by Gasteiger charge is 2.31. The average molecular weight is 406 g/mol. The van der Waals surface area contributed by atoms with Gasteiger partial charge < -0.3 is 21.9 Å². The van der Waals surface area contributed by atoms with Gasteiger partial charge >= 0.3 is 0 Å². The first-order valence-electron chi connectivity index (χ1n) is 10.2. The van der Waals surface area contributed by atoms with Gasteiger partial charge in [0.15, 0.2) is 5.78 Å². The van der Waals surface area contributed by atoms with Crippen LogP contribution in [0.25, 0.3) is 0 Å². The molecule has 0 saturated carbocycles. The zero-order valence-electron chi connectivity index (χ0n) is 17.6. The van der Waals surface area contributed by atoms with Gasteiger partial charge in [0.05, 0.1) is 18.1 Å². The predicted octanol–water partition coefficient (Wildman–Crippen LogP) is 1.13. The fraction of sp³-hybridized carbons (Fsp3) is 0.591. The Morgan fingerprint density at radius 2 is 1.66 bits per heavy atom. The van der Waals surface area contributed by atoms with Gasteiger partial charge in [-0.1, -0.05) is 44.2 Å². The van der Waals surface area contributed by atoms with Crippen LogP contribution in [0.2, 0.25) is 0 Å². The lowest BCUT2D eigenvalue weighted by Crippen LogP contribution is -2.48. The second kappa shape index (κ2) is 12.5. The molecule has 0 aromatic heterocycles. The number of carbonyl (C=O) groups is 3. The van der Waals surface area contributed by atoms with Crippen LogP contribution in [0.1, 0.15) is 51.5 Å². The molecule has 0 saturated heterocycles. The number of hydrogen-bond donors (Lipinski definition) is 4. The molecule has 1 aromatic rings. The van der Waals surface area contributed by atoms with E-state index in [1.54, 1.807) is 13.8 Å². The maximum Gasteiger partial charge on any atom is 0.226 e. The van der Waals surface area contributed by atoms with E-state index in [0.717, 1.165) is 5.56 Å². The van der Waals surface area contributed by atoms with Gasteiger partial charge in [-0.25, -0.2) is 0 Å². The molecule has 1 amide bonds. The maximum atomic E-state index is 12.7. The van der Waals surface area contributed by atoms with Crippen molar-refractivity contribution >= 4 is 17.5 Å². The van der Waals surface area contributed by atoms with Gasteiger partial charge in [-0.3, -0.25) is 14.4 Å². The van der Waals surface area contributed by atoms with Gasteiger partial charge in [-0.2, -0.15) is 0 Å². The number of ketones is 2. The van der Waals surface area contributed by atoms with E-state index in [-0.39, 0.29) is 42.8 Å². The van der Waals surface area contributed by atoms with E-state index in [1.165, 1.54) is 6.92 Å². The van der Waals surface area contributed by atoms with E-state index >= 15 is 0 Å². The van der Waals surface area contributed by atoms with Crippen LogP contribution >= 0.6 is 0 Å². The second-order valence-corrected chi connectivity index (χ2v) is 7.83. The number of benzene rings is 1. The number of rotatable bonds is 13. The topological polar surface area (TPSA) is 136 Å². The number of hydrogen-bond acceptors (Lipinski definition) is 6. The standard InChI is InChI=1S/C22H35N3O4/c1-14(2)21(28)20(9-10-23)25-22(29)19(15(3)26)12-18(27)11-17(13-24)16-7-5-4-6-8-16/h4-8,14-15,17,19-20,26H,9-13,23-24H2,1-3H3,(H,25,29)/t15?,17?,19-,20-/m0/s1. The first kappa shape index (κ1) is 24.9. The molecule has 7 nitrogen and oxygen atoms in total. The van der Waals surface area contributed by atoms with E-state index in [1.807, 2.05) is 30.3 Å². The van der Waals surface area contributed by atoms with E-state index in [4.69, 9.17) is 11.5 Å². The molecule has 6 N–H and O–H groups in total. The van der Waals surface area contributed by atoms with Crippen molar-refractivity contribution in [3.8, 4) is 0 Å². The summed E-state index contributed by atoms with van der Waals surface area (Å²) in [6.07, 6.45) is -0.640. The number of nitrogens with one attached hydrogen (secondary N) is 1. The minimum Gasteiger partial charge on any atom is -0.393 e. The van der Waals surface area contributed by atoms with Crippen LogP contribution in [0.4, 0.5) is 0 Å². The van der Waals surface area contributed by atoms with Crippen LogP contribution in [0, 0.1) is 11.8 Å². The van der Waals surface area contributed by atoms with Gasteiger partial charge in [0.1, 0.15) is 5.78 Å². The summed E-state index contributed by atoms with van der Waals surface area (Å²) >= 11 is 0. The van der Waals surface area contributed by atoms with Gasteiger partial charge in [-0.15, -0.1) is 0 Å². The molecule has 7 heteroatoms. The van der Waals surface area contributed by atoms with E-state index in [9.17, 15) is 19.5 Å². The molecule has 162 valence electrons. The predicted molar refractivity (Wildman–Crippen MR) is 113 cm³/mol. The minimum absolute atomic E-state index is 0.113. The van der Waals surface area contributed by atoms with Crippen molar-refractivity contribution in [1.82, 2.24) is 5.32 Å². The summed E-state index contributed by atoms with van der Waals surface area (Å²) in [7, 11) is 0. The number of nitrogens with two attached hydrogens (primary N) is 2. The summed E-state index contributed by atoms with van der Waals surface area (Å²) < 4.78 is 0. The SMILES string of the molecule is CC(C)C(=O)[C@H](CCN)NC(=O)[C@@H](CC(=O)CC(CN)c1ccccc1)C(C)O. The van der Waals surface area contributed by atoms with Crippen molar-refractivity contribution in [2.75, 3.05) is 13.1 Å². The van der Waals surface area contributed by atoms with Crippen molar-refractivity contribution < 1.29 is 19.5 Å². The molecule has 0 heterocycles. The van der Waals surface area contributed by atoms with Crippen molar-refractivity contribution in [3.05, 3.63) is 35.9 Å². The van der Waals surface area contributed by atoms with Gasteiger partial charge in [0.25, 0.3) is 0 Å². The molecule has 0 bridgehead atoms. The molecule has 29 heavy (non-hydrogen) atoms. The fourth-order valence-electron chi connectivity index (χ4n) is 3.28. The maximum absolute atomic E-state index is 12.7. The molecule has 0 radical (unpaired) electrons. The highest BCUT2D eigenvalue weighted by atomic mass is 16.3. The summed E-state index contributed by atoms with van der Waals surface area (Å²) in [5, 5.41) is 12.8. The fourth-order valence-corrected chi connectivity index (χ4v) is 3.28. The summed E-state index contributed by atoms with van der Waals surface area (Å²) in [4.78, 5) is 37.7. The van der Waals surface area contributed by atoms with Crippen LogP contribution < -0.4 is 16.8 Å². The molecular weight excluding hydrogens is 370 g/mol. The quantitative estimate of drug-likeness (QED) is 0.388. The molecular formula is C22H35N3O4. The zero-order chi connectivity index (χ0) is 22.0. The average Bonchev–Trinajstić information content (AvgIpc) is 2.69. The van der Waals surface area contributed by atoms with E-state index in [0.29, 0.717) is 13.0 Å². The van der Waals surface area contributed by atoms with Crippen LogP contribution in [-0.4, -0.2) is 47.8 Å². The number of aliphatic hydroxyl groups excluding tert-OH is 1. The highest BCUT2D eigenvalue weighted by Crippen LogP contribution is 2.21. The number of aliphatic hydroxyl groups is 1. The zero-order valence-corrected chi connectivity index (χ0v) is 17.6. The lowest BCUT2D eigenvalue weighted by Gasteiger charge is -2.24. The molecule has 1 aromatic carbocycles. The first-order chi connectivity index (χ1) is 13.7. The van der Waals surface area contributed by atoms with Crippen molar-refractivity contribution in [3.63, 3.8) is 0 Å². The Bertz CT molecular complexity index is 661. The van der Waals surface area contributed by atoms with Gasteiger partial charge in [0.2, 0.25) is 5.91 Å². The Morgan fingerprint density at radius 1 is 1.03 bits per heavy atom. The Morgan fingerprint density at radius 3 is 2.14 bits per heavy atom. The van der Waals surface area contributed by atoms with E-state index < -0.39 is 24.0 Å². The normalized spacial score (nSPS) is 15.4. The number of amides is 1. The Labute approximate surface area is 173 Å². The molecule has 2 unspecified atom stereocenters. The van der Waals surface area contributed by atoms with Crippen LogP contribution in [-0.2, 0) is 14.4 Å². The molecule has 4 atom stereocenters. The van der Waals surface area contributed by atoms with Crippen LogP contribution in [0.5, 0.6) is 0 Å². The molecule has 0 aliphatic rings. The minimum atomic E-state index is -1.03. The Hall–Kier alpha value is -2.09. The lowest BCUT2D eigenvalue weighted by atomic mass is 9.88. The summed E-state index contributed by atoms with van der Waals surface area (Å²) in [5.41, 5.74) is 12.4. The third-order valence-corrected chi connectivity index (χ3v) is 5.08. The summed E-state index contributed by atoms with van der Waals surface area (Å²) in [6, 6.07) is 8.78. The third-order valence-electron chi connectivity index (χ3n) is 5.08. The lowest BCUT2D eigenvalue weighted by molar-refractivity contribution is -0.136. The number of carbonyl (C=O) groups excluding carboxylic acids is 3. The molecule has 0 aliphatic heterocycles. The van der Waals surface area contributed by atoms with Crippen molar-refractivity contribution in [2.45, 2.75) is 58.1 Å². The van der Waals surface area contributed by atoms with Crippen molar-refractivity contribution in [2.24, 2.45) is 23.3 Å². The van der Waals surface area contributed by atoms with Crippen LogP contribution in [0.15, 0.2) is 30.3 Å². The molecule has 0 spiro atoms. The van der Waals surface area contributed by atoms with Crippen LogP contribution in [0.3, 0.4) is 0 Å². The molecule has 0 fully saturated rings. The second-order valence-electron chi connectivity index (χ2n) is 7.83. The smallest absolute Gasteiger partial charge is 0.226 e. The molecule has 1 rings (SSSR count). The van der Waals surface area contributed by atoms with Crippen molar-refractivity contribution in [1.29, 1.82) is 0 Å². The Kier molecular flexibility index (Phi) is 10.7.